The van der Waals surface area contributed by atoms with E-state index in [4.69, 9.17) is 9.72 Å². The number of fused-ring (bicyclic) bond motifs is 1. The Labute approximate surface area is 179 Å². The molecule has 5 nitrogen and oxygen atoms in total. The van der Waals surface area contributed by atoms with Crippen LogP contribution >= 0.6 is 0 Å². The number of nitrogens with zero attached hydrogens (tertiary/aromatic N) is 3. The number of rotatable bonds is 6. The van der Waals surface area contributed by atoms with E-state index in [2.05, 4.69) is 33.3 Å². The molecule has 1 N–H and O–H groups in total. The molecule has 3 fully saturated rings. The number of ether oxygens (including phenoxy) is 1. The van der Waals surface area contributed by atoms with Crippen molar-refractivity contribution >= 4 is 0 Å². The summed E-state index contributed by atoms with van der Waals surface area (Å²) in [6, 6.07) is 9.72. The highest BCUT2D eigenvalue weighted by atomic mass is 16.5. The maximum Gasteiger partial charge on any atom is 0.0691 e. The van der Waals surface area contributed by atoms with Crippen molar-refractivity contribution < 1.29 is 4.74 Å². The van der Waals surface area contributed by atoms with E-state index in [0.717, 1.165) is 38.3 Å². The number of nitrogens with one attached hydrogen (secondary N) is 1. The molecule has 3 atom stereocenters. The van der Waals surface area contributed by atoms with Crippen LogP contribution in [0, 0.1) is 5.92 Å². The summed E-state index contributed by atoms with van der Waals surface area (Å²) in [5, 5.41) is 8.58. The third-order valence-electron chi connectivity index (χ3n) is 8.38. The summed E-state index contributed by atoms with van der Waals surface area (Å²) < 4.78 is 8.72. The zero-order valence-corrected chi connectivity index (χ0v) is 17.9. The number of pyridine rings is 1. The minimum absolute atomic E-state index is 0.0960. The van der Waals surface area contributed by atoms with E-state index in [0.29, 0.717) is 12.1 Å². The van der Waals surface area contributed by atoms with Crippen molar-refractivity contribution in [3.05, 3.63) is 48.0 Å². The van der Waals surface area contributed by atoms with Crippen LogP contribution in [0.2, 0.25) is 0 Å². The highest BCUT2D eigenvalue weighted by molar-refractivity contribution is 5.21. The minimum Gasteiger partial charge on any atom is -0.375 e. The highest BCUT2D eigenvalue weighted by Gasteiger charge is 2.48. The zero-order valence-electron chi connectivity index (χ0n) is 17.9. The van der Waals surface area contributed by atoms with E-state index in [9.17, 15) is 0 Å². The summed E-state index contributed by atoms with van der Waals surface area (Å²) in [6.07, 6.45) is 16.3. The van der Waals surface area contributed by atoms with Gasteiger partial charge in [-0.25, -0.2) is 0 Å². The van der Waals surface area contributed by atoms with Crippen LogP contribution in [0.5, 0.6) is 0 Å². The average Bonchev–Trinajstić information content (AvgIpc) is 3.17. The fraction of sp³-hybridized carbons (Fsp3) is 0.680. The number of aromatic nitrogens is 3. The van der Waals surface area contributed by atoms with Crippen LogP contribution in [0.1, 0.15) is 87.7 Å². The molecule has 5 heteroatoms. The van der Waals surface area contributed by atoms with Gasteiger partial charge in [0.25, 0.3) is 0 Å². The van der Waals surface area contributed by atoms with Crippen LogP contribution in [0.3, 0.4) is 0 Å². The van der Waals surface area contributed by atoms with Gasteiger partial charge in [-0.3, -0.25) is 9.67 Å². The van der Waals surface area contributed by atoms with Crippen molar-refractivity contribution in [3.63, 3.8) is 0 Å². The van der Waals surface area contributed by atoms with Crippen molar-refractivity contribution in [1.82, 2.24) is 20.1 Å². The highest BCUT2D eigenvalue weighted by Crippen LogP contribution is 2.50. The molecule has 4 heterocycles. The fourth-order valence-electron chi connectivity index (χ4n) is 6.68. The summed E-state index contributed by atoms with van der Waals surface area (Å²) >= 11 is 0. The van der Waals surface area contributed by atoms with Crippen molar-refractivity contribution in [2.45, 2.75) is 87.3 Å². The Morgan fingerprint density at radius 3 is 2.80 bits per heavy atom. The van der Waals surface area contributed by atoms with Gasteiger partial charge in [0.1, 0.15) is 0 Å². The summed E-state index contributed by atoms with van der Waals surface area (Å²) in [5.74, 6) is 0.855. The second-order valence-corrected chi connectivity index (χ2v) is 10.3. The van der Waals surface area contributed by atoms with Gasteiger partial charge in [-0.1, -0.05) is 18.9 Å². The van der Waals surface area contributed by atoms with Gasteiger partial charge in [0.15, 0.2) is 0 Å². The quantitative estimate of drug-likeness (QED) is 0.754. The molecule has 30 heavy (non-hydrogen) atoms. The lowest BCUT2D eigenvalue weighted by molar-refractivity contribution is -0.104. The van der Waals surface area contributed by atoms with Gasteiger partial charge < -0.3 is 10.1 Å². The van der Waals surface area contributed by atoms with Crippen LogP contribution in [0.25, 0.3) is 0 Å². The molecule has 6 rings (SSSR count). The van der Waals surface area contributed by atoms with Crippen molar-refractivity contribution in [2.24, 2.45) is 5.92 Å². The molecule has 1 saturated heterocycles. The van der Waals surface area contributed by atoms with Gasteiger partial charge in [-0.2, -0.15) is 5.10 Å². The first-order valence-corrected chi connectivity index (χ1v) is 12.1. The molecule has 2 aliphatic heterocycles. The van der Waals surface area contributed by atoms with E-state index in [1.54, 1.807) is 0 Å². The monoisotopic (exact) mass is 406 g/mol. The predicted octanol–water partition coefficient (Wildman–Crippen LogP) is 4.71. The first-order chi connectivity index (χ1) is 14.8. The summed E-state index contributed by atoms with van der Waals surface area (Å²) in [4.78, 5) is 4.85. The Hall–Kier alpha value is -1.72. The Balaban J connectivity index is 1.19. The fourth-order valence-corrected chi connectivity index (χ4v) is 6.68. The molecule has 2 aliphatic carbocycles. The van der Waals surface area contributed by atoms with Crippen molar-refractivity contribution in [3.8, 4) is 0 Å². The summed E-state index contributed by atoms with van der Waals surface area (Å²) in [5.41, 5.74) is 2.89. The lowest BCUT2D eigenvalue weighted by Gasteiger charge is -2.46. The van der Waals surface area contributed by atoms with Gasteiger partial charge in [-0.05, 0) is 82.0 Å². The predicted molar refractivity (Wildman–Crippen MR) is 116 cm³/mol. The van der Waals surface area contributed by atoms with Crippen LogP contribution in [-0.4, -0.2) is 33.5 Å². The molecular weight excluding hydrogens is 372 g/mol. The maximum absolute atomic E-state index is 6.41. The third kappa shape index (κ3) is 3.31. The second kappa shape index (κ2) is 7.45. The first-order valence-electron chi connectivity index (χ1n) is 12.1. The maximum atomic E-state index is 6.41. The number of hydrogen-bond donors (Lipinski definition) is 1. The lowest BCUT2D eigenvalue weighted by atomic mass is 9.68. The smallest absolute Gasteiger partial charge is 0.0691 e. The van der Waals surface area contributed by atoms with Crippen molar-refractivity contribution in [1.29, 1.82) is 0 Å². The molecule has 1 spiro atoms. The van der Waals surface area contributed by atoms with E-state index >= 15 is 0 Å². The molecule has 3 unspecified atom stereocenters. The first kappa shape index (κ1) is 19.0. The van der Waals surface area contributed by atoms with Crippen LogP contribution < -0.4 is 5.32 Å². The van der Waals surface area contributed by atoms with Gasteiger partial charge >= 0.3 is 0 Å². The van der Waals surface area contributed by atoms with Gasteiger partial charge in [-0.15, -0.1) is 0 Å². The molecule has 4 aliphatic rings. The molecule has 0 amide bonds. The Morgan fingerprint density at radius 2 is 2.00 bits per heavy atom. The van der Waals surface area contributed by atoms with Crippen LogP contribution in [0.15, 0.2) is 36.7 Å². The zero-order chi connectivity index (χ0) is 20.0. The van der Waals surface area contributed by atoms with Crippen molar-refractivity contribution in [2.75, 3.05) is 13.2 Å². The molecule has 0 aromatic carbocycles. The molecular formula is C25H34N4O. The molecule has 0 radical (unpaired) electrons. The molecule has 0 bridgehead atoms. The second-order valence-electron chi connectivity index (χ2n) is 10.3. The van der Waals surface area contributed by atoms with Crippen LogP contribution in [-0.2, 0) is 10.2 Å². The van der Waals surface area contributed by atoms with E-state index in [1.807, 2.05) is 18.5 Å². The largest absolute Gasteiger partial charge is 0.375 e. The Morgan fingerprint density at radius 1 is 1.10 bits per heavy atom. The van der Waals surface area contributed by atoms with E-state index < -0.39 is 0 Å². The normalized spacial score (nSPS) is 32.5. The Bertz CT molecular complexity index is 870. The van der Waals surface area contributed by atoms with Gasteiger partial charge in [0, 0.05) is 30.1 Å². The third-order valence-corrected chi connectivity index (χ3v) is 8.38. The molecule has 2 aromatic rings. The van der Waals surface area contributed by atoms with E-state index in [1.165, 1.54) is 56.3 Å². The molecule has 2 saturated carbocycles. The molecule has 160 valence electrons. The van der Waals surface area contributed by atoms with Crippen LogP contribution in [0.4, 0.5) is 0 Å². The number of hydrogen-bond acceptors (Lipinski definition) is 4. The minimum atomic E-state index is 0.0960. The molecule has 2 aromatic heterocycles. The van der Waals surface area contributed by atoms with Gasteiger partial charge in [0.05, 0.1) is 23.4 Å². The average molecular weight is 407 g/mol. The summed E-state index contributed by atoms with van der Waals surface area (Å²) in [6.45, 7) is 1.90. The Kier molecular flexibility index (Phi) is 4.72. The summed E-state index contributed by atoms with van der Waals surface area (Å²) in [7, 11) is 0. The SMILES string of the molecule is c1ccc(C2(CCNC3CC(C4CC4)n4nccc43)CCOC3(CCCC3)C2)nc1. The van der Waals surface area contributed by atoms with Gasteiger partial charge in [0.2, 0.25) is 0 Å². The lowest BCUT2D eigenvalue weighted by Crippen LogP contribution is -2.47. The standard InChI is InChI=1S/C25H34N4O/c1-4-13-27-23(5-1)24(12-16-30-25(18-24)9-2-3-10-25)11-15-26-20-17-22(19-6-7-19)29-21(20)8-14-28-29/h1,4-5,8,13-14,19-20,22,26H,2-3,6-7,9-12,15-18H2. The van der Waals surface area contributed by atoms with E-state index in [-0.39, 0.29) is 11.0 Å². The topological polar surface area (TPSA) is 52.0 Å².